The molecule has 134 valence electrons. The van der Waals surface area contributed by atoms with Gasteiger partial charge in [0.15, 0.2) is 0 Å². The van der Waals surface area contributed by atoms with Crippen molar-refractivity contribution in [3.05, 3.63) is 17.0 Å². The molecule has 0 spiro atoms. The van der Waals surface area contributed by atoms with Crippen LogP contribution < -0.4 is 5.32 Å². The molecule has 1 atom stereocenters. The second-order valence-electron chi connectivity index (χ2n) is 6.05. The van der Waals surface area contributed by atoms with Gasteiger partial charge in [-0.15, -0.1) is 11.3 Å². The lowest BCUT2D eigenvalue weighted by molar-refractivity contribution is -0.146. The van der Waals surface area contributed by atoms with Crippen molar-refractivity contribution in [1.82, 2.24) is 9.62 Å². The smallest absolute Gasteiger partial charge is 0.329 e. The molecule has 24 heavy (non-hydrogen) atoms. The molecule has 1 aromatic heterocycles. The van der Waals surface area contributed by atoms with Crippen molar-refractivity contribution in [3.8, 4) is 0 Å². The summed E-state index contributed by atoms with van der Waals surface area (Å²) in [5.74, 6) is -1.53. The van der Waals surface area contributed by atoms with E-state index in [-0.39, 0.29) is 17.1 Å². The van der Waals surface area contributed by atoms with E-state index in [4.69, 9.17) is 0 Å². The summed E-state index contributed by atoms with van der Waals surface area (Å²) in [5, 5.41) is 11.7. The number of amides is 1. The molecule has 0 aliphatic carbocycles. The van der Waals surface area contributed by atoms with E-state index in [2.05, 4.69) is 5.32 Å². The van der Waals surface area contributed by atoms with Gasteiger partial charge in [-0.1, -0.05) is 6.92 Å². The van der Waals surface area contributed by atoms with E-state index < -0.39 is 27.4 Å². The summed E-state index contributed by atoms with van der Waals surface area (Å²) in [6, 6.07) is 3.12. The molecule has 0 bridgehead atoms. The number of rotatable bonds is 7. The van der Waals surface area contributed by atoms with Gasteiger partial charge in [0.05, 0.1) is 6.42 Å². The third kappa shape index (κ3) is 3.96. The maximum absolute atomic E-state index is 12.5. The Bertz CT molecular complexity index is 722. The number of carboxylic acid groups (broad SMARTS) is 1. The third-order valence-corrected chi connectivity index (χ3v) is 7.68. The minimum absolute atomic E-state index is 0.0386. The summed E-state index contributed by atoms with van der Waals surface area (Å²) in [5.41, 5.74) is -1.32. The normalized spacial score (nSPS) is 18.2. The van der Waals surface area contributed by atoms with Crippen molar-refractivity contribution in [2.24, 2.45) is 0 Å². The standard InChI is InChI=1S/C15H22N2O5S2/c1-3-15(2,14(19)20)16-12(18)10-11-6-7-13(23-11)24(21,22)17-8-4-5-9-17/h6-7H,3-5,8-10H2,1-2H3,(H,16,18)(H,19,20). The Kier molecular flexibility index (Phi) is 5.67. The van der Waals surface area contributed by atoms with Crippen LogP contribution in [0.15, 0.2) is 16.3 Å². The highest BCUT2D eigenvalue weighted by atomic mass is 32.2. The Balaban J connectivity index is 2.06. The minimum atomic E-state index is -3.48. The molecular formula is C15H22N2O5S2. The number of carbonyl (C=O) groups excluding carboxylic acids is 1. The summed E-state index contributed by atoms with van der Waals surface area (Å²) in [6.07, 6.45) is 1.95. The van der Waals surface area contributed by atoms with Crippen LogP contribution in [0.5, 0.6) is 0 Å². The Morgan fingerprint density at radius 1 is 1.33 bits per heavy atom. The average molecular weight is 374 g/mol. The second kappa shape index (κ2) is 7.20. The summed E-state index contributed by atoms with van der Waals surface area (Å²) in [4.78, 5) is 23.9. The molecule has 1 amide bonds. The van der Waals surface area contributed by atoms with Gasteiger partial charge in [-0.25, -0.2) is 13.2 Å². The quantitative estimate of drug-likeness (QED) is 0.752. The number of nitrogens with zero attached hydrogens (tertiary/aromatic N) is 1. The minimum Gasteiger partial charge on any atom is -0.480 e. The van der Waals surface area contributed by atoms with Crippen LogP contribution in [0, 0.1) is 0 Å². The monoisotopic (exact) mass is 374 g/mol. The van der Waals surface area contributed by atoms with E-state index in [1.807, 2.05) is 0 Å². The van der Waals surface area contributed by atoms with Crippen LogP contribution in [0.1, 0.15) is 38.0 Å². The van der Waals surface area contributed by atoms with Crippen LogP contribution in [-0.2, 0) is 26.0 Å². The molecule has 1 fully saturated rings. The van der Waals surface area contributed by atoms with E-state index in [1.54, 1.807) is 13.0 Å². The van der Waals surface area contributed by atoms with Crippen molar-refractivity contribution in [2.45, 2.75) is 49.3 Å². The number of carboxylic acids is 1. The molecule has 1 aliphatic rings. The highest BCUT2D eigenvalue weighted by Crippen LogP contribution is 2.27. The molecule has 1 aromatic rings. The van der Waals surface area contributed by atoms with Crippen LogP contribution in [0.25, 0.3) is 0 Å². The van der Waals surface area contributed by atoms with E-state index in [0.717, 1.165) is 24.2 Å². The lowest BCUT2D eigenvalue weighted by Crippen LogP contribution is -2.52. The van der Waals surface area contributed by atoms with E-state index in [0.29, 0.717) is 18.0 Å². The van der Waals surface area contributed by atoms with Crippen LogP contribution in [0.4, 0.5) is 0 Å². The predicted octanol–water partition coefficient (Wildman–Crippen LogP) is 1.44. The number of hydrogen-bond acceptors (Lipinski definition) is 5. The molecule has 2 rings (SSSR count). The fourth-order valence-electron chi connectivity index (χ4n) is 2.45. The van der Waals surface area contributed by atoms with Gasteiger partial charge in [0, 0.05) is 18.0 Å². The fraction of sp³-hybridized carbons (Fsp3) is 0.600. The zero-order chi connectivity index (χ0) is 18.0. The van der Waals surface area contributed by atoms with Crippen LogP contribution in [0.3, 0.4) is 0 Å². The molecule has 2 N–H and O–H groups in total. The van der Waals surface area contributed by atoms with Crippen LogP contribution in [-0.4, -0.2) is 48.3 Å². The first-order chi connectivity index (χ1) is 11.2. The number of thiophene rings is 1. The number of carbonyl (C=O) groups is 2. The van der Waals surface area contributed by atoms with Gasteiger partial charge in [0.1, 0.15) is 9.75 Å². The Hall–Kier alpha value is -1.45. The largest absolute Gasteiger partial charge is 0.480 e. The van der Waals surface area contributed by atoms with Crippen LogP contribution in [0.2, 0.25) is 0 Å². The van der Waals surface area contributed by atoms with Gasteiger partial charge >= 0.3 is 5.97 Å². The van der Waals surface area contributed by atoms with Gasteiger partial charge in [-0.3, -0.25) is 4.79 Å². The van der Waals surface area contributed by atoms with Gasteiger partial charge in [0.25, 0.3) is 10.0 Å². The molecule has 0 radical (unpaired) electrons. The maximum atomic E-state index is 12.5. The highest BCUT2D eigenvalue weighted by Gasteiger charge is 2.33. The van der Waals surface area contributed by atoms with E-state index in [9.17, 15) is 23.1 Å². The Morgan fingerprint density at radius 2 is 1.96 bits per heavy atom. The summed E-state index contributed by atoms with van der Waals surface area (Å²) in [6.45, 7) is 4.19. The molecule has 1 saturated heterocycles. The molecular weight excluding hydrogens is 352 g/mol. The van der Waals surface area contributed by atoms with Gasteiger partial charge < -0.3 is 10.4 Å². The first-order valence-corrected chi connectivity index (χ1v) is 10.1. The van der Waals surface area contributed by atoms with Crippen molar-refractivity contribution in [2.75, 3.05) is 13.1 Å². The summed E-state index contributed by atoms with van der Waals surface area (Å²) in [7, 11) is -3.48. The zero-order valence-corrected chi connectivity index (χ0v) is 15.4. The summed E-state index contributed by atoms with van der Waals surface area (Å²) < 4.78 is 26.6. The van der Waals surface area contributed by atoms with Gasteiger partial charge in [-0.2, -0.15) is 4.31 Å². The Labute approximate surface area is 145 Å². The lowest BCUT2D eigenvalue weighted by atomic mass is 9.99. The zero-order valence-electron chi connectivity index (χ0n) is 13.7. The molecule has 2 heterocycles. The number of sulfonamides is 1. The topological polar surface area (TPSA) is 104 Å². The van der Waals surface area contributed by atoms with Crippen molar-refractivity contribution in [1.29, 1.82) is 0 Å². The van der Waals surface area contributed by atoms with E-state index >= 15 is 0 Å². The number of hydrogen-bond donors (Lipinski definition) is 2. The van der Waals surface area contributed by atoms with Crippen molar-refractivity contribution in [3.63, 3.8) is 0 Å². The first kappa shape index (κ1) is 18.9. The van der Waals surface area contributed by atoms with Gasteiger partial charge in [0.2, 0.25) is 5.91 Å². The van der Waals surface area contributed by atoms with Crippen molar-refractivity contribution < 1.29 is 23.1 Å². The third-order valence-electron chi connectivity index (χ3n) is 4.23. The van der Waals surface area contributed by atoms with E-state index in [1.165, 1.54) is 17.3 Å². The second-order valence-corrected chi connectivity index (χ2v) is 9.38. The fourth-order valence-corrected chi connectivity index (χ4v) is 5.48. The molecule has 1 unspecified atom stereocenters. The first-order valence-electron chi connectivity index (χ1n) is 7.82. The van der Waals surface area contributed by atoms with Crippen LogP contribution >= 0.6 is 11.3 Å². The SMILES string of the molecule is CCC(C)(NC(=O)Cc1ccc(S(=O)(=O)N2CCCC2)s1)C(=O)O. The molecule has 9 heteroatoms. The predicted molar refractivity (Wildman–Crippen MR) is 90.5 cm³/mol. The molecule has 0 saturated carbocycles. The molecule has 7 nitrogen and oxygen atoms in total. The van der Waals surface area contributed by atoms with Gasteiger partial charge in [-0.05, 0) is 38.3 Å². The number of aliphatic carboxylic acids is 1. The Morgan fingerprint density at radius 3 is 2.50 bits per heavy atom. The number of nitrogens with one attached hydrogen (secondary N) is 1. The lowest BCUT2D eigenvalue weighted by Gasteiger charge is -2.24. The average Bonchev–Trinajstić information content (AvgIpc) is 3.18. The molecule has 0 aromatic carbocycles. The molecule has 1 aliphatic heterocycles. The maximum Gasteiger partial charge on any atom is 0.329 e. The van der Waals surface area contributed by atoms with Crippen molar-refractivity contribution >= 4 is 33.2 Å². The summed E-state index contributed by atoms with van der Waals surface area (Å²) >= 11 is 1.06. The highest BCUT2D eigenvalue weighted by molar-refractivity contribution is 7.91.